The Morgan fingerprint density at radius 1 is 1.16 bits per heavy atom. The lowest BCUT2D eigenvalue weighted by Gasteiger charge is -2.26. The van der Waals surface area contributed by atoms with Gasteiger partial charge in [-0.25, -0.2) is 0 Å². The number of nitrogens with zero attached hydrogens (tertiary/aromatic N) is 1. The third kappa shape index (κ3) is 4.64. The van der Waals surface area contributed by atoms with Crippen molar-refractivity contribution in [3.05, 3.63) is 82.4 Å². The van der Waals surface area contributed by atoms with E-state index in [1.54, 1.807) is 31.4 Å². The molecule has 0 saturated carbocycles. The number of nitro benzene ring substituents is 1. The number of rotatable bonds is 7. The number of methoxy groups -OCH3 is 1. The molecule has 0 fully saturated rings. The van der Waals surface area contributed by atoms with Crippen molar-refractivity contribution in [2.24, 2.45) is 0 Å². The Morgan fingerprint density at radius 3 is 2.69 bits per heavy atom. The maximum Gasteiger partial charge on any atom is 0.270 e. The van der Waals surface area contributed by atoms with E-state index in [4.69, 9.17) is 14.2 Å². The first-order valence-electron chi connectivity index (χ1n) is 10.1. The highest BCUT2D eigenvalue weighted by Gasteiger charge is 2.23. The number of nitro groups is 1. The molecule has 3 aromatic rings. The molecule has 164 valence electrons. The van der Waals surface area contributed by atoms with Crippen molar-refractivity contribution in [2.45, 2.75) is 12.5 Å². The molecule has 4 rings (SSSR count). The number of fused-ring (bicyclic) bond motifs is 1. The number of ether oxygens (including phenoxy) is 3. The predicted molar refractivity (Wildman–Crippen MR) is 118 cm³/mol. The topological polar surface area (TPSA) is 99.9 Å². The molecule has 32 heavy (non-hydrogen) atoms. The summed E-state index contributed by atoms with van der Waals surface area (Å²) in [6.07, 6.45) is 0.664. The minimum Gasteiger partial charge on any atom is -0.497 e. The Bertz CT molecular complexity index is 1130. The van der Waals surface area contributed by atoms with Crippen LogP contribution in [-0.2, 0) is 4.79 Å². The SMILES string of the molecule is COc1ccc(-c2cc([N+](=O)[O-])ccc2OCC(=O)NC2CCOc3ccccc32)cc1. The third-order valence-electron chi connectivity index (χ3n) is 5.23. The molecule has 1 N–H and O–H groups in total. The van der Waals surface area contributed by atoms with Crippen LogP contribution in [0.2, 0.25) is 0 Å². The predicted octanol–water partition coefficient (Wildman–Crippen LogP) is 4.29. The van der Waals surface area contributed by atoms with Gasteiger partial charge in [-0.05, 0) is 29.8 Å². The van der Waals surface area contributed by atoms with Crippen molar-refractivity contribution in [1.82, 2.24) is 5.32 Å². The summed E-state index contributed by atoms with van der Waals surface area (Å²) in [5.41, 5.74) is 2.10. The maximum absolute atomic E-state index is 12.6. The largest absolute Gasteiger partial charge is 0.497 e. The van der Waals surface area contributed by atoms with Crippen molar-refractivity contribution in [2.75, 3.05) is 20.3 Å². The Morgan fingerprint density at radius 2 is 1.94 bits per heavy atom. The Hall–Kier alpha value is -4.07. The van der Waals surface area contributed by atoms with Gasteiger partial charge in [0.25, 0.3) is 11.6 Å². The number of hydrogen-bond donors (Lipinski definition) is 1. The summed E-state index contributed by atoms with van der Waals surface area (Å²) < 4.78 is 16.6. The zero-order valence-corrected chi connectivity index (χ0v) is 17.4. The maximum atomic E-state index is 12.6. The van der Waals surface area contributed by atoms with Gasteiger partial charge in [-0.2, -0.15) is 0 Å². The van der Waals surface area contributed by atoms with Crippen molar-refractivity contribution in [1.29, 1.82) is 0 Å². The van der Waals surface area contributed by atoms with Crippen LogP contribution in [0, 0.1) is 10.1 Å². The molecule has 0 aromatic heterocycles. The molecule has 0 saturated heterocycles. The fraction of sp³-hybridized carbons (Fsp3) is 0.208. The molecule has 0 bridgehead atoms. The number of amides is 1. The molecule has 1 aliphatic heterocycles. The van der Waals surface area contributed by atoms with Gasteiger partial charge in [0.05, 0.1) is 24.7 Å². The monoisotopic (exact) mass is 434 g/mol. The second kappa shape index (κ2) is 9.38. The van der Waals surface area contributed by atoms with Gasteiger partial charge in [0.1, 0.15) is 17.2 Å². The molecule has 8 heteroatoms. The van der Waals surface area contributed by atoms with Crippen LogP contribution in [0.25, 0.3) is 11.1 Å². The van der Waals surface area contributed by atoms with Gasteiger partial charge >= 0.3 is 0 Å². The summed E-state index contributed by atoms with van der Waals surface area (Å²) in [4.78, 5) is 23.4. The molecule has 1 unspecified atom stereocenters. The van der Waals surface area contributed by atoms with Gasteiger partial charge in [0.15, 0.2) is 6.61 Å². The Labute approximate surface area is 184 Å². The molecular weight excluding hydrogens is 412 g/mol. The highest BCUT2D eigenvalue weighted by Crippen LogP contribution is 2.35. The average Bonchev–Trinajstić information content (AvgIpc) is 2.83. The van der Waals surface area contributed by atoms with Crippen LogP contribution in [0.3, 0.4) is 0 Å². The lowest BCUT2D eigenvalue weighted by atomic mass is 10.0. The molecule has 8 nitrogen and oxygen atoms in total. The van der Waals surface area contributed by atoms with E-state index in [2.05, 4.69) is 5.32 Å². The summed E-state index contributed by atoms with van der Waals surface area (Å²) in [7, 11) is 1.56. The zero-order valence-electron chi connectivity index (χ0n) is 17.4. The fourth-order valence-corrected chi connectivity index (χ4v) is 3.62. The standard InChI is InChI=1S/C24H22N2O6/c1-30-18-9-6-16(7-10-18)20-14-17(26(28)29)8-11-23(20)32-15-24(27)25-21-12-13-31-22-5-3-2-4-19(21)22/h2-11,14,21H,12-13,15H2,1H3,(H,25,27). The number of non-ortho nitro benzene ring substituents is 1. The summed E-state index contributed by atoms with van der Waals surface area (Å²) in [6, 6.07) is 18.8. The molecular formula is C24H22N2O6. The number of carbonyl (C=O) groups excluding carboxylic acids is 1. The second-order valence-electron chi connectivity index (χ2n) is 7.25. The molecule has 0 aliphatic carbocycles. The van der Waals surface area contributed by atoms with E-state index < -0.39 is 4.92 Å². The minimum absolute atomic E-state index is 0.0635. The van der Waals surface area contributed by atoms with Crippen LogP contribution in [-0.4, -0.2) is 31.2 Å². The van der Waals surface area contributed by atoms with Gasteiger partial charge in [-0.1, -0.05) is 30.3 Å². The van der Waals surface area contributed by atoms with E-state index >= 15 is 0 Å². The van der Waals surface area contributed by atoms with E-state index in [9.17, 15) is 14.9 Å². The van der Waals surface area contributed by atoms with Crippen LogP contribution in [0.1, 0.15) is 18.0 Å². The smallest absolute Gasteiger partial charge is 0.270 e. The number of nitrogens with one attached hydrogen (secondary N) is 1. The highest BCUT2D eigenvalue weighted by molar-refractivity contribution is 5.79. The molecule has 1 atom stereocenters. The van der Waals surface area contributed by atoms with E-state index in [1.807, 2.05) is 24.3 Å². The van der Waals surface area contributed by atoms with Crippen LogP contribution in [0.4, 0.5) is 5.69 Å². The van der Waals surface area contributed by atoms with Gasteiger partial charge < -0.3 is 19.5 Å². The van der Waals surface area contributed by atoms with Crippen molar-refractivity contribution in [3.8, 4) is 28.4 Å². The van der Waals surface area contributed by atoms with Gasteiger partial charge in [-0.3, -0.25) is 14.9 Å². The molecule has 1 amide bonds. The highest BCUT2D eigenvalue weighted by atomic mass is 16.6. The Kier molecular flexibility index (Phi) is 6.21. The zero-order chi connectivity index (χ0) is 22.5. The second-order valence-corrected chi connectivity index (χ2v) is 7.25. The molecule has 0 radical (unpaired) electrons. The van der Waals surface area contributed by atoms with Gasteiger partial charge in [-0.15, -0.1) is 0 Å². The van der Waals surface area contributed by atoms with Crippen molar-refractivity contribution < 1.29 is 23.9 Å². The quantitative estimate of drug-likeness (QED) is 0.440. The van der Waals surface area contributed by atoms with Gasteiger partial charge in [0.2, 0.25) is 0 Å². The van der Waals surface area contributed by atoms with E-state index in [1.165, 1.54) is 18.2 Å². The van der Waals surface area contributed by atoms with E-state index in [0.29, 0.717) is 35.7 Å². The van der Waals surface area contributed by atoms with Crippen molar-refractivity contribution in [3.63, 3.8) is 0 Å². The number of benzene rings is 3. The Balaban J connectivity index is 1.50. The molecule has 3 aromatic carbocycles. The van der Waals surface area contributed by atoms with Gasteiger partial charge in [0, 0.05) is 29.7 Å². The molecule has 0 spiro atoms. The first kappa shape index (κ1) is 21.2. The lowest BCUT2D eigenvalue weighted by molar-refractivity contribution is -0.384. The number of para-hydroxylation sites is 1. The number of hydrogen-bond acceptors (Lipinski definition) is 6. The normalized spacial score (nSPS) is 14.6. The lowest BCUT2D eigenvalue weighted by Crippen LogP contribution is -2.35. The average molecular weight is 434 g/mol. The van der Waals surface area contributed by atoms with Crippen LogP contribution >= 0.6 is 0 Å². The summed E-state index contributed by atoms with van der Waals surface area (Å²) in [6.45, 7) is 0.299. The van der Waals surface area contributed by atoms with Crippen LogP contribution in [0.5, 0.6) is 17.2 Å². The fourth-order valence-electron chi connectivity index (χ4n) is 3.62. The van der Waals surface area contributed by atoms with Crippen LogP contribution < -0.4 is 19.5 Å². The first-order chi connectivity index (χ1) is 15.5. The van der Waals surface area contributed by atoms with Crippen LogP contribution in [0.15, 0.2) is 66.7 Å². The number of carbonyl (C=O) groups is 1. The summed E-state index contributed by atoms with van der Waals surface area (Å²) in [5.74, 6) is 1.52. The van der Waals surface area contributed by atoms with E-state index in [0.717, 1.165) is 11.3 Å². The third-order valence-corrected chi connectivity index (χ3v) is 5.23. The van der Waals surface area contributed by atoms with E-state index in [-0.39, 0.29) is 24.2 Å². The summed E-state index contributed by atoms with van der Waals surface area (Å²) in [5, 5.41) is 14.2. The molecule has 1 heterocycles. The van der Waals surface area contributed by atoms with Crippen molar-refractivity contribution >= 4 is 11.6 Å². The summed E-state index contributed by atoms with van der Waals surface area (Å²) >= 11 is 0. The first-order valence-corrected chi connectivity index (χ1v) is 10.1. The molecule has 1 aliphatic rings. The minimum atomic E-state index is -0.466.